The highest BCUT2D eigenvalue weighted by molar-refractivity contribution is 6.58. The largest absolute Gasteiger partial charge is 0.482 e. The summed E-state index contributed by atoms with van der Waals surface area (Å²) in [5, 5.41) is 0. The molecule has 92 valence electrons. The molecule has 0 fully saturated rings. The molecule has 1 nitrogen and oxygen atoms in total. The van der Waals surface area contributed by atoms with Gasteiger partial charge in [-0.15, -0.1) is 6.42 Å². The molecule has 0 radical (unpaired) electrons. The quantitative estimate of drug-likeness (QED) is 0.479. The summed E-state index contributed by atoms with van der Waals surface area (Å²) >= 11 is 0. The zero-order valence-corrected chi connectivity index (χ0v) is 10.1. The second-order valence-electron chi connectivity index (χ2n) is 4.20. The van der Waals surface area contributed by atoms with Crippen LogP contribution in [0.2, 0.25) is 0 Å². The molecule has 0 aliphatic heterocycles. The van der Waals surface area contributed by atoms with Gasteiger partial charge in [0.25, 0.3) is 0 Å². The maximum atomic E-state index is 12.5. The Labute approximate surface area is 99.3 Å². The van der Waals surface area contributed by atoms with Crippen molar-refractivity contribution < 1.29 is 12.9 Å². The number of hydrogen-bond donors (Lipinski definition) is 1. The van der Waals surface area contributed by atoms with Gasteiger partial charge in [0.15, 0.2) is 0 Å². The highest BCUT2D eigenvalue weighted by Gasteiger charge is 2.26. The second kappa shape index (κ2) is 4.36. The lowest BCUT2D eigenvalue weighted by molar-refractivity contribution is 0.468. The van der Waals surface area contributed by atoms with Crippen molar-refractivity contribution in [2.75, 3.05) is 5.73 Å². The fourth-order valence-corrected chi connectivity index (χ4v) is 2.05. The zero-order valence-electron chi connectivity index (χ0n) is 10.1. The highest BCUT2D eigenvalue weighted by Crippen LogP contribution is 2.31. The molecule has 0 saturated heterocycles. The third kappa shape index (κ3) is 2.58. The number of terminal acetylenes is 1. The lowest BCUT2D eigenvalue weighted by Gasteiger charge is -2.22. The van der Waals surface area contributed by atoms with E-state index in [2.05, 4.69) is 5.92 Å². The van der Waals surface area contributed by atoms with Gasteiger partial charge >= 0.3 is 6.98 Å². The predicted octanol–water partition coefficient (Wildman–Crippen LogP) is 3.10. The zero-order chi connectivity index (χ0) is 13.4. The van der Waals surface area contributed by atoms with Gasteiger partial charge in [0.05, 0.1) is 0 Å². The van der Waals surface area contributed by atoms with E-state index in [1.165, 1.54) is 0 Å². The van der Waals surface area contributed by atoms with Crippen LogP contribution in [0.25, 0.3) is 0 Å². The van der Waals surface area contributed by atoms with E-state index in [0.717, 1.165) is 0 Å². The van der Waals surface area contributed by atoms with Gasteiger partial charge in [0.1, 0.15) is 0 Å². The first-order valence-corrected chi connectivity index (χ1v) is 5.24. The molecule has 1 aromatic carbocycles. The average molecular weight is 240 g/mol. The summed E-state index contributed by atoms with van der Waals surface area (Å²) in [5.74, 6) is 2.42. The Morgan fingerprint density at radius 1 is 1.12 bits per heavy atom. The lowest BCUT2D eigenvalue weighted by Crippen LogP contribution is -2.22. The molecule has 17 heavy (non-hydrogen) atoms. The minimum atomic E-state index is -4.89. The summed E-state index contributed by atoms with van der Waals surface area (Å²) in [4.78, 5) is 0. The summed E-state index contributed by atoms with van der Waals surface area (Å²) in [6.07, 6.45) is 4.39. The SMILES string of the molecule is C#Cc1c(C)c(N)c(C)c(C[B-](F)(F)F)c1C. The Morgan fingerprint density at radius 3 is 2.06 bits per heavy atom. The number of nitrogen functional groups attached to an aromatic ring is 1. The van der Waals surface area contributed by atoms with Crippen molar-refractivity contribution in [2.24, 2.45) is 0 Å². The van der Waals surface area contributed by atoms with Crippen molar-refractivity contribution >= 4 is 12.7 Å². The summed E-state index contributed by atoms with van der Waals surface area (Å²) in [5.41, 5.74) is 8.52. The first-order valence-electron chi connectivity index (χ1n) is 5.24. The smallest absolute Gasteiger partial charge is 0.449 e. The van der Waals surface area contributed by atoms with Gasteiger partial charge in [-0.05, 0) is 37.5 Å². The molecule has 0 aliphatic carbocycles. The van der Waals surface area contributed by atoms with Gasteiger partial charge < -0.3 is 18.7 Å². The lowest BCUT2D eigenvalue weighted by atomic mass is 9.76. The van der Waals surface area contributed by atoms with Crippen LogP contribution in [-0.4, -0.2) is 6.98 Å². The van der Waals surface area contributed by atoms with Crippen LogP contribution in [0.3, 0.4) is 0 Å². The van der Waals surface area contributed by atoms with Crippen LogP contribution in [0.15, 0.2) is 0 Å². The van der Waals surface area contributed by atoms with Crippen LogP contribution in [0.5, 0.6) is 0 Å². The molecule has 0 heterocycles. The van der Waals surface area contributed by atoms with Crippen LogP contribution in [-0.2, 0) is 6.32 Å². The summed E-state index contributed by atoms with van der Waals surface area (Å²) in [6, 6.07) is 0. The Morgan fingerprint density at radius 2 is 1.65 bits per heavy atom. The number of nitrogens with two attached hydrogens (primary N) is 1. The molecule has 0 aliphatic rings. The van der Waals surface area contributed by atoms with Crippen LogP contribution in [0, 0.1) is 33.1 Å². The summed E-state index contributed by atoms with van der Waals surface area (Å²) < 4.78 is 37.6. The second-order valence-corrected chi connectivity index (χ2v) is 4.20. The molecule has 0 amide bonds. The minimum Gasteiger partial charge on any atom is -0.449 e. The molecular weight excluding hydrogens is 226 g/mol. The number of anilines is 1. The van der Waals surface area contributed by atoms with Gasteiger partial charge in [-0.25, -0.2) is 0 Å². The van der Waals surface area contributed by atoms with E-state index in [-0.39, 0.29) is 5.56 Å². The molecule has 2 N–H and O–H groups in total. The molecule has 0 saturated carbocycles. The van der Waals surface area contributed by atoms with E-state index in [4.69, 9.17) is 12.2 Å². The molecule has 1 rings (SSSR count). The van der Waals surface area contributed by atoms with Crippen molar-refractivity contribution in [2.45, 2.75) is 27.1 Å². The third-order valence-corrected chi connectivity index (χ3v) is 3.04. The monoisotopic (exact) mass is 240 g/mol. The Bertz CT molecular complexity index is 498. The van der Waals surface area contributed by atoms with Crippen LogP contribution < -0.4 is 5.73 Å². The minimum absolute atomic E-state index is 0.216. The van der Waals surface area contributed by atoms with Crippen molar-refractivity contribution in [3.05, 3.63) is 27.8 Å². The Kier molecular flexibility index (Phi) is 3.47. The molecule has 0 bridgehead atoms. The number of benzene rings is 1. The number of halogens is 3. The van der Waals surface area contributed by atoms with Crippen molar-refractivity contribution in [3.8, 4) is 12.3 Å². The van der Waals surface area contributed by atoms with Crippen molar-refractivity contribution in [1.29, 1.82) is 0 Å². The Balaban J connectivity index is 3.52. The molecule has 1 aromatic rings. The Hall–Kier alpha value is -1.57. The van der Waals surface area contributed by atoms with Crippen LogP contribution in [0.1, 0.15) is 27.8 Å². The topological polar surface area (TPSA) is 26.0 Å². The third-order valence-electron chi connectivity index (χ3n) is 3.04. The highest BCUT2D eigenvalue weighted by atomic mass is 19.4. The van der Waals surface area contributed by atoms with E-state index < -0.39 is 13.3 Å². The molecule has 0 aromatic heterocycles. The maximum Gasteiger partial charge on any atom is 0.482 e. The normalized spacial score (nSPS) is 11.4. The molecule has 5 heteroatoms. The fourth-order valence-electron chi connectivity index (χ4n) is 2.05. The predicted molar refractivity (Wildman–Crippen MR) is 65.8 cm³/mol. The van der Waals surface area contributed by atoms with Crippen LogP contribution >= 0.6 is 0 Å². The van der Waals surface area contributed by atoms with E-state index >= 15 is 0 Å². The van der Waals surface area contributed by atoms with Gasteiger partial charge in [0, 0.05) is 11.3 Å². The van der Waals surface area contributed by atoms with Crippen molar-refractivity contribution in [3.63, 3.8) is 0 Å². The molecule has 0 unspecified atom stereocenters. The standard InChI is InChI=1S/C12H14BF3N/c1-5-10-7(2)11(6-13(14,15)16)9(4)12(17)8(10)3/h1H,6,17H2,2-4H3/q-1. The van der Waals surface area contributed by atoms with Gasteiger partial charge in [0.2, 0.25) is 0 Å². The molecule has 0 atom stereocenters. The van der Waals surface area contributed by atoms with E-state index in [0.29, 0.717) is 27.9 Å². The average Bonchev–Trinajstić information content (AvgIpc) is 2.21. The van der Waals surface area contributed by atoms with Gasteiger partial charge in [-0.3, -0.25) is 0 Å². The number of hydrogen-bond acceptors (Lipinski definition) is 1. The first-order chi connectivity index (χ1) is 7.69. The summed E-state index contributed by atoms with van der Waals surface area (Å²) in [6.45, 7) is 0.0591. The van der Waals surface area contributed by atoms with Gasteiger partial charge in [-0.2, -0.15) is 0 Å². The summed E-state index contributed by atoms with van der Waals surface area (Å²) in [7, 11) is 0. The van der Waals surface area contributed by atoms with E-state index in [1.807, 2.05) is 0 Å². The number of rotatable bonds is 2. The van der Waals surface area contributed by atoms with E-state index in [9.17, 15) is 12.9 Å². The fraction of sp³-hybridized carbons (Fsp3) is 0.333. The van der Waals surface area contributed by atoms with Crippen molar-refractivity contribution in [1.82, 2.24) is 0 Å². The van der Waals surface area contributed by atoms with Gasteiger partial charge in [-0.1, -0.05) is 17.8 Å². The molecule has 0 spiro atoms. The first kappa shape index (κ1) is 13.5. The maximum absolute atomic E-state index is 12.5. The van der Waals surface area contributed by atoms with E-state index in [1.54, 1.807) is 20.8 Å². The molecular formula is C12H14BF3N-. The van der Waals surface area contributed by atoms with Crippen LogP contribution in [0.4, 0.5) is 18.6 Å².